The molecule has 16 heavy (non-hydrogen) atoms. The highest BCUT2D eigenvalue weighted by Crippen LogP contribution is 2.36. The van der Waals surface area contributed by atoms with Gasteiger partial charge in [-0.2, -0.15) is 0 Å². The van der Waals surface area contributed by atoms with Gasteiger partial charge in [-0.15, -0.1) is 0 Å². The van der Waals surface area contributed by atoms with Gasteiger partial charge in [0, 0.05) is 25.7 Å². The summed E-state index contributed by atoms with van der Waals surface area (Å²) in [4.78, 5) is 2.43. The summed E-state index contributed by atoms with van der Waals surface area (Å²) < 4.78 is 5.09. The third-order valence-electron chi connectivity index (χ3n) is 3.65. The zero-order chi connectivity index (χ0) is 11.5. The molecule has 0 aliphatic heterocycles. The van der Waals surface area contributed by atoms with Gasteiger partial charge in [0.05, 0.1) is 19.3 Å². The van der Waals surface area contributed by atoms with Gasteiger partial charge in [0.2, 0.25) is 0 Å². The summed E-state index contributed by atoms with van der Waals surface area (Å²) in [6, 6.07) is 0.669. The maximum atomic E-state index is 9.53. The van der Waals surface area contributed by atoms with Crippen LogP contribution in [0.3, 0.4) is 0 Å². The highest BCUT2D eigenvalue weighted by atomic mass is 16.5. The predicted molar refractivity (Wildman–Crippen MR) is 63.2 cm³/mol. The van der Waals surface area contributed by atoms with Gasteiger partial charge in [0.1, 0.15) is 0 Å². The Morgan fingerprint density at radius 3 is 2.50 bits per heavy atom. The van der Waals surface area contributed by atoms with E-state index in [9.17, 15) is 5.11 Å². The van der Waals surface area contributed by atoms with Crippen LogP contribution in [0.1, 0.15) is 25.7 Å². The smallest absolute Gasteiger partial charge is 0.0629 e. The number of hydrogen-bond donors (Lipinski definition) is 2. The molecule has 0 amide bonds. The SMILES string of the molecule is COCC(N)C(CO)N(CC1CC1)C1CC1. The maximum absolute atomic E-state index is 9.53. The van der Waals surface area contributed by atoms with E-state index in [4.69, 9.17) is 10.5 Å². The molecule has 2 aliphatic rings. The van der Waals surface area contributed by atoms with Crippen molar-refractivity contribution in [2.24, 2.45) is 11.7 Å². The van der Waals surface area contributed by atoms with Crippen molar-refractivity contribution in [1.29, 1.82) is 0 Å². The number of ether oxygens (including phenoxy) is 1. The first-order chi connectivity index (χ1) is 7.76. The van der Waals surface area contributed by atoms with Gasteiger partial charge in [0.25, 0.3) is 0 Å². The fourth-order valence-corrected chi connectivity index (χ4v) is 2.35. The van der Waals surface area contributed by atoms with Crippen molar-refractivity contribution >= 4 is 0 Å². The topological polar surface area (TPSA) is 58.7 Å². The summed E-state index contributed by atoms with van der Waals surface area (Å²) in [7, 11) is 1.66. The van der Waals surface area contributed by atoms with Gasteiger partial charge in [-0.3, -0.25) is 4.90 Å². The Hall–Kier alpha value is -0.160. The van der Waals surface area contributed by atoms with E-state index >= 15 is 0 Å². The van der Waals surface area contributed by atoms with Gasteiger partial charge in [-0.05, 0) is 31.6 Å². The summed E-state index contributed by atoms with van der Waals surface area (Å²) in [6.45, 7) is 1.79. The summed E-state index contributed by atoms with van der Waals surface area (Å²) in [5, 5.41) is 9.53. The van der Waals surface area contributed by atoms with Crippen molar-refractivity contribution in [2.75, 3.05) is 26.9 Å². The van der Waals surface area contributed by atoms with Crippen molar-refractivity contribution in [3.05, 3.63) is 0 Å². The van der Waals surface area contributed by atoms with Crippen LogP contribution < -0.4 is 5.73 Å². The third-order valence-corrected chi connectivity index (χ3v) is 3.65. The summed E-state index contributed by atoms with van der Waals surface area (Å²) >= 11 is 0. The number of hydrogen-bond acceptors (Lipinski definition) is 4. The minimum absolute atomic E-state index is 0.0747. The molecule has 0 bridgehead atoms. The number of aliphatic hydroxyl groups is 1. The Balaban J connectivity index is 1.90. The minimum Gasteiger partial charge on any atom is -0.395 e. The molecule has 0 spiro atoms. The molecule has 2 unspecified atom stereocenters. The van der Waals surface area contributed by atoms with Crippen molar-refractivity contribution in [1.82, 2.24) is 4.90 Å². The Morgan fingerprint density at radius 1 is 1.38 bits per heavy atom. The molecule has 94 valence electrons. The van der Waals surface area contributed by atoms with Crippen LogP contribution in [0.2, 0.25) is 0 Å². The van der Waals surface area contributed by atoms with Crippen LogP contribution in [0.25, 0.3) is 0 Å². The molecule has 2 aliphatic carbocycles. The lowest BCUT2D eigenvalue weighted by Crippen LogP contribution is -2.53. The second kappa shape index (κ2) is 5.45. The summed E-state index contributed by atoms with van der Waals surface area (Å²) in [5.41, 5.74) is 6.07. The molecule has 3 N–H and O–H groups in total. The first-order valence-electron chi connectivity index (χ1n) is 6.37. The lowest BCUT2D eigenvalue weighted by molar-refractivity contribution is 0.0624. The molecule has 0 heterocycles. The van der Waals surface area contributed by atoms with E-state index in [1.54, 1.807) is 7.11 Å². The fraction of sp³-hybridized carbons (Fsp3) is 1.00. The predicted octanol–water partition coefficient (Wildman–Crippen LogP) is 0.195. The second-order valence-electron chi connectivity index (χ2n) is 5.24. The van der Waals surface area contributed by atoms with E-state index < -0.39 is 0 Å². The molecular weight excluding hydrogens is 204 g/mol. The van der Waals surface area contributed by atoms with E-state index in [2.05, 4.69) is 4.90 Å². The molecule has 0 aromatic carbocycles. The molecule has 2 fully saturated rings. The van der Waals surface area contributed by atoms with Crippen molar-refractivity contribution in [3.8, 4) is 0 Å². The first kappa shape index (κ1) is 12.3. The Kier molecular flexibility index (Phi) is 4.19. The minimum atomic E-state index is -0.0747. The average molecular weight is 228 g/mol. The normalized spacial score (nSPS) is 24.8. The van der Waals surface area contributed by atoms with E-state index in [0.717, 1.165) is 12.5 Å². The Morgan fingerprint density at radius 2 is 2.06 bits per heavy atom. The molecule has 0 saturated heterocycles. The number of rotatable bonds is 8. The second-order valence-corrected chi connectivity index (χ2v) is 5.24. The van der Waals surface area contributed by atoms with Gasteiger partial charge >= 0.3 is 0 Å². The number of nitrogens with zero attached hydrogens (tertiary/aromatic N) is 1. The number of nitrogens with two attached hydrogens (primary N) is 1. The zero-order valence-electron chi connectivity index (χ0n) is 10.1. The molecule has 2 saturated carbocycles. The third kappa shape index (κ3) is 3.17. The molecule has 0 radical (unpaired) electrons. The highest BCUT2D eigenvalue weighted by molar-refractivity contribution is 4.95. The van der Waals surface area contributed by atoms with Crippen LogP contribution >= 0.6 is 0 Å². The largest absolute Gasteiger partial charge is 0.395 e. The number of aliphatic hydroxyl groups excluding tert-OH is 1. The Labute approximate surface area is 97.7 Å². The van der Waals surface area contributed by atoms with Crippen LogP contribution in [0, 0.1) is 5.92 Å². The lowest BCUT2D eigenvalue weighted by atomic mass is 10.1. The summed E-state index contributed by atoms with van der Waals surface area (Å²) in [6.07, 6.45) is 5.23. The van der Waals surface area contributed by atoms with Gasteiger partial charge in [-0.25, -0.2) is 0 Å². The Bertz CT molecular complexity index is 217. The quantitative estimate of drug-likeness (QED) is 0.623. The van der Waals surface area contributed by atoms with E-state index in [1.807, 2.05) is 0 Å². The zero-order valence-corrected chi connectivity index (χ0v) is 10.1. The van der Waals surface area contributed by atoms with Gasteiger partial charge < -0.3 is 15.6 Å². The molecule has 4 heteroatoms. The highest BCUT2D eigenvalue weighted by Gasteiger charge is 2.39. The lowest BCUT2D eigenvalue weighted by Gasteiger charge is -2.34. The van der Waals surface area contributed by atoms with E-state index in [0.29, 0.717) is 12.6 Å². The first-order valence-corrected chi connectivity index (χ1v) is 6.37. The van der Waals surface area contributed by atoms with Crippen LogP contribution in [-0.4, -0.2) is 55.0 Å². The molecule has 4 nitrogen and oxygen atoms in total. The van der Waals surface area contributed by atoms with Gasteiger partial charge in [0.15, 0.2) is 0 Å². The fourth-order valence-electron chi connectivity index (χ4n) is 2.35. The monoisotopic (exact) mass is 228 g/mol. The van der Waals surface area contributed by atoms with Crippen molar-refractivity contribution in [2.45, 2.75) is 43.8 Å². The molecule has 2 rings (SSSR count). The molecule has 2 atom stereocenters. The molecule has 0 aromatic rings. The summed E-state index contributed by atoms with van der Waals surface area (Å²) in [5.74, 6) is 0.851. The van der Waals surface area contributed by atoms with E-state index in [1.165, 1.54) is 25.7 Å². The van der Waals surface area contributed by atoms with Crippen molar-refractivity contribution < 1.29 is 9.84 Å². The average Bonchev–Trinajstić information content (AvgIpc) is 3.13. The van der Waals surface area contributed by atoms with Crippen LogP contribution in [0.4, 0.5) is 0 Å². The standard InChI is InChI=1S/C12H24N2O2/c1-16-8-11(13)12(7-15)14(10-4-5-10)6-9-2-3-9/h9-12,15H,2-8,13H2,1H3. The van der Waals surface area contributed by atoms with Gasteiger partial charge in [-0.1, -0.05) is 0 Å². The van der Waals surface area contributed by atoms with Crippen molar-refractivity contribution in [3.63, 3.8) is 0 Å². The van der Waals surface area contributed by atoms with Crippen LogP contribution in [-0.2, 0) is 4.74 Å². The van der Waals surface area contributed by atoms with E-state index in [-0.39, 0.29) is 18.7 Å². The van der Waals surface area contributed by atoms with Crippen LogP contribution in [0.15, 0.2) is 0 Å². The van der Waals surface area contributed by atoms with Crippen LogP contribution in [0.5, 0.6) is 0 Å². The maximum Gasteiger partial charge on any atom is 0.0629 e. The number of methoxy groups -OCH3 is 1. The molecule has 0 aromatic heterocycles. The molecular formula is C12H24N2O2.